The van der Waals surface area contributed by atoms with Crippen LogP contribution in [0, 0.1) is 5.92 Å². The van der Waals surface area contributed by atoms with E-state index < -0.39 is 18.0 Å². The van der Waals surface area contributed by atoms with Gasteiger partial charge in [0.25, 0.3) is 0 Å². The zero-order valence-electron chi connectivity index (χ0n) is 13.5. The number of esters is 1. The van der Waals surface area contributed by atoms with Crippen LogP contribution in [0.3, 0.4) is 0 Å². The molecule has 25 heavy (non-hydrogen) atoms. The highest BCUT2D eigenvalue weighted by Crippen LogP contribution is 2.33. The van der Waals surface area contributed by atoms with Gasteiger partial charge in [-0.2, -0.15) is 11.3 Å². The molecule has 1 saturated carbocycles. The number of carboxylic acids is 1. The fourth-order valence-electron chi connectivity index (χ4n) is 2.89. The first kappa shape index (κ1) is 17.1. The van der Waals surface area contributed by atoms with Gasteiger partial charge in [-0.05, 0) is 40.6 Å². The van der Waals surface area contributed by atoms with E-state index in [1.807, 2.05) is 23.8 Å². The Morgan fingerprint density at radius 1 is 1.24 bits per heavy atom. The Morgan fingerprint density at radius 2 is 1.96 bits per heavy atom. The first-order valence-corrected chi connectivity index (χ1v) is 8.72. The number of Topliss-reactive ketones (excluding diaryl/α,β-unsaturated/α-hetero) is 1. The SMILES string of the molecule is CC1CC(=O)C(=Cc2ccsc2)C1OC(=O)c1ccccc1C(=O)O. The highest BCUT2D eigenvalue weighted by molar-refractivity contribution is 7.08. The van der Waals surface area contributed by atoms with Gasteiger partial charge in [-0.1, -0.05) is 19.1 Å². The average Bonchev–Trinajstić information content (AvgIpc) is 3.18. The summed E-state index contributed by atoms with van der Waals surface area (Å²) >= 11 is 1.51. The summed E-state index contributed by atoms with van der Waals surface area (Å²) in [7, 11) is 0. The largest absolute Gasteiger partial charge is 0.478 e. The number of benzene rings is 1. The zero-order chi connectivity index (χ0) is 18.0. The van der Waals surface area contributed by atoms with E-state index in [1.54, 1.807) is 18.2 Å². The summed E-state index contributed by atoms with van der Waals surface area (Å²) in [5, 5.41) is 13.0. The lowest BCUT2D eigenvalue weighted by atomic mass is 10.0. The van der Waals surface area contributed by atoms with Crippen LogP contribution in [-0.2, 0) is 9.53 Å². The number of carbonyl (C=O) groups is 3. The molecule has 1 aliphatic carbocycles. The molecule has 0 aliphatic heterocycles. The maximum atomic E-state index is 12.5. The van der Waals surface area contributed by atoms with Crippen LogP contribution in [0.15, 0.2) is 46.7 Å². The van der Waals surface area contributed by atoms with Crippen molar-refractivity contribution in [3.05, 3.63) is 63.4 Å². The summed E-state index contributed by atoms with van der Waals surface area (Å²) in [6, 6.07) is 7.77. The molecule has 0 bridgehead atoms. The van der Waals surface area contributed by atoms with Gasteiger partial charge in [0, 0.05) is 17.9 Å². The molecular formula is C19H16O5S. The van der Waals surface area contributed by atoms with Gasteiger partial charge in [0.15, 0.2) is 5.78 Å². The zero-order valence-corrected chi connectivity index (χ0v) is 14.3. The Morgan fingerprint density at radius 3 is 2.60 bits per heavy atom. The Bertz CT molecular complexity index is 850. The molecule has 6 heteroatoms. The fraction of sp³-hybridized carbons (Fsp3) is 0.211. The van der Waals surface area contributed by atoms with Gasteiger partial charge in [0.2, 0.25) is 0 Å². The van der Waals surface area contributed by atoms with Crippen LogP contribution >= 0.6 is 11.3 Å². The Hall–Kier alpha value is -2.73. The number of carboxylic acid groups (broad SMARTS) is 1. The maximum Gasteiger partial charge on any atom is 0.339 e. The monoisotopic (exact) mass is 356 g/mol. The minimum absolute atomic E-state index is 0.0172. The van der Waals surface area contributed by atoms with Crippen LogP contribution in [0.4, 0.5) is 0 Å². The number of rotatable bonds is 4. The third-order valence-corrected chi connectivity index (χ3v) is 4.83. The molecule has 1 aromatic heterocycles. The average molecular weight is 356 g/mol. The van der Waals surface area contributed by atoms with Gasteiger partial charge in [-0.15, -0.1) is 0 Å². The molecule has 2 atom stereocenters. The molecule has 0 spiro atoms. The number of aromatic carboxylic acids is 1. The number of thiophene rings is 1. The lowest BCUT2D eigenvalue weighted by Gasteiger charge is -2.18. The van der Waals surface area contributed by atoms with Crippen LogP contribution in [0.1, 0.15) is 39.6 Å². The van der Waals surface area contributed by atoms with Crippen molar-refractivity contribution in [1.29, 1.82) is 0 Å². The van der Waals surface area contributed by atoms with Gasteiger partial charge in [-0.3, -0.25) is 4.79 Å². The van der Waals surface area contributed by atoms with Crippen LogP contribution in [-0.4, -0.2) is 28.9 Å². The standard InChI is InChI=1S/C19H16O5S/c1-11-8-16(20)15(9-12-6-7-25-10-12)17(11)24-19(23)14-5-3-2-4-13(14)18(21)22/h2-7,9-11,17H,8H2,1H3,(H,21,22). The van der Waals surface area contributed by atoms with Crippen molar-refractivity contribution in [3.8, 4) is 0 Å². The predicted molar refractivity (Wildman–Crippen MR) is 93.7 cm³/mol. The Kier molecular flexibility index (Phi) is 4.81. The normalized spacial score (nSPS) is 21.5. The Balaban J connectivity index is 1.89. The molecule has 0 radical (unpaired) electrons. The van der Waals surface area contributed by atoms with Gasteiger partial charge in [0.1, 0.15) is 6.10 Å². The number of carbonyl (C=O) groups excluding carboxylic acids is 2. The minimum atomic E-state index is -1.20. The van der Waals surface area contributed by atoms with Crippen LogP contribution in [0.25, 0.3) is 6.08 Å². The van der Waals surface area contributed by atoms with Crippen molar-refractivity contribution in [2.45, 2.75) is 19.4 Å². The second kappa shape index (κ2) is 7.03. The summed E-state index contributed by atoms with van der Waals surface area (Å²) in [6.07, 6.45) is 1.36. The Labute approximate surface area is 148 Å². The molecule has 1 N–H and O–H groups in total. The van der Waals surface area contributed by atoms with E-state index >= 15 is 0 Å². The molecule has 1 aromatic carbocycles. The van der Waals surface area contributed by atoms with Crippen molar-refractivity contribution in [2.75, 3.05) is 0 Å². The molecule has 0 amide bonds. The summed E-state index contributed by atoms with van der Waals surface area (Å²) in [5.74, 6) is -2.14. The fourth-order valence-corrected chi connectivity index (χ4v) is 3.51. The lowest BCUT2D eigenvalue weighted by Crippen LogP contribution is -2.24. The quantitative estimate of drug-likeness (QED) is 0.668. The molecular weight excluding hydrogens is 340 g/mol. The smallest absolute Gasteiger partial charge is 0.339 e. The molecule has 3 rings (SSSR count). The van der Waals surface area contributed by atoms with E-state index in [-0.39, 0.29) is 22.8 Å². The van der Waals surface area contributed by atoms with E-state index in [1.165, 1.54) is 23.5 Å². The number of ketones is 1. The van der Waals surface area contributed by atoms with Crippen molar-refractivity contribution < 1.29 is 24.2 Å². The van der Waals surface area contributed by atoms with E-state index in [9.17, 15) is 19.5 Å². The molecule has 128 valence electrons. The van der Waals surface area contributed by atoms with Gasteiger partial charge < -0.3 is 9.84 Å². The van der Waals surface area contributed by atoms with Crippen LogP contribution in [0.2, 0.25) is 0 Å². The summed E-state index contributed by atoms with van der Waals surface area (Å²) in [5.41, 5.74) is 1.20. The molecule has 1 fully saturated rings. The third-order valence-electron chi connectivity index (χ3n) is 4.13. The number of hydrogen-bond acceptors (Lipinski definition) is 5. The van der Waals surface area contributed by atoms with Crippen LogP contribution in [0.5, 0.6) is 0 Å². The number of hydrogen-bond donors (Lipinski definition) is 1. The third kappa shape index (κ3) is 3.53. The lowest BCUT2D eigenvalue weighted by molar-refractivity contribution is -0.114. The number of ether oxygens (including phenoxy) is 1. The van der Waals surface area contributed by atoms with Gasteiger partial charge >= 0.3 is 11.9 Å². The van der Waals surface area contributed by atoms with E-state index in [2.05, 4.69) is 0 Å². The van der Waals surface area contributed by atoms with Gasteiger partial charge in [0.05, 0.1) is 11.1 Å². The summed E-state index contributed by atoms with van der Waals surface area (Å²) in [4.78, 5) is 36.1. The predicted octanol–water partition coefficient (Wildman–Crippen LogP) is 3.66. The van der Waals surface area contributed by atoms with E-state index in [0.29, 0.717) is 12.0 Å². The highest BCUT2D eigenvalue weighted by Gasteiger charge is 2.38. The highest BCUT2D eigenvalue weighted by atomic mass is 32.1. The van der Waals surface area contributed by atoms with Crippen molar-refractivity contribution in [3.63, 3.8) is 0 Å². The second-order valence-corrected chi connectivity index (χ2v) is 6.72. The topological polar surface area (TPSA) is 80.7 Å². The van der Waals surface area contributed by atoms with Crippen molar-refractivity contribution >= 4 is 35.1 Å². The molecule has 5 nitrogen and oxygen atoms in total. The van der Waals surface area contributed by atoms with Crippen molar-refractivity contribution in [2.24, 2.45) is 5.92 Å². The van der Waals surface area contributed by atoms with E-state index in [0.717, 1.165) is 5.56 Å². The van der Waals surface area contributed by atoms with Crippen LogP contribution < -0.4 is 0 Å². The summed E-state index contributed by atoms with van der Waals surface area (Å²) < 4.78 is 5.54. The summed E-state index contributed by atoms with van der Waals surface area (Å²) in [6.45, 7) is 1.84. The molecule has 0 saturated heterocycles. The molecule has 2 aromatic rings. The van der Waals surface area contributed by atoms with Gasteiger partial charge in [-0.25, -0.2) is 9.59 Å². The van der Waals surface area contributed by atoms with E-state index in [4.69, 9.17) is 4.74 Å². The van der Waals surface area contributed by atoms with Crippen molar-refractivity contribution in [1.82, 2.24) is 0 Å². The first-order valence-electron chi connectivity index (χ1n) is 7.77. The molecule has 1 aliphatic rings. The first-order chi connectivity index (χ1) is 12.0. The molecule has 1 heterocycles. The minimum Gasteiger partial charge on any atom is -0.478 e. The molecule has 2 unspecified atom stereocenters. The second-order valence-electron chi connectivity index (χ2n) is 5.94. The maximum absolute atomic E-state index is 12.5.